The van der Waals surface area contributed by atoms with E-state index in [1.807, 2.05) is 6.07 Å². The molecule has 2 aliphatic rings. The van der Waals surface area contributed by atoms with Crippen LogP contribution in [0.4, 0.5) is 0 Å². The SMILES string of the molecule is CCC[C@H]1CC[C@H](CC[C@H]2CC[C@H](c3cccc(C#N)c3C#N)CC2)CC1. The van der Waals surface area contributed by atoms with E-state index in [2.05, 4.69) is 25.1 Å². The summed E-state index contributed by atoms with van der Waals surface area (Å²) in [5, 5.41) is 18.7. The van der Waals surface area contributed by atoms with Gasteiger partial charge in [0.2, 0.25) is 0 Å². The van der Waals surface area contributed by atoms with Gasteiger partial charge >= 0.3 is 0 Å². The third-order valence-corrected chi connectivity index (χ3v) is 7.26. The van der Waals surface area contributed by atoms with Crippen molar-refractivity contribution in [1.82, 2.24) is 0 Å². The molecule has 0 spiro atoms. The molecule has 0 aromatic heterocycles. The summed E-state index contributed by atoms with van der Waals surface area (Å²) in [5.74, 6) is 3.33. The Kier molecular flexibility index (Phi) is 7.34. The first-order chi connectivity index (χ1) is 13.2. The van der Waals surface area contributed by atoms with Crippen molar-refractivity contribution in [3.05, 3.63) is 34.9 Å². The summed E-state index contributed by atoms with van der Waals surface area (Å²) in [6, 6.07) is 10.2. The zero-order valence-electron chi connectivity index (χ0n) is 16.9. The van der Waals surface area contributed by atoms with Gasteiger partial charge in [-0.1, -0.05) is 70.4 Å². The van der Waals surface area contributed by atoms with E-state index in [-0.39, 0.29) is 0 Å². The zero-order chi connectivity index (χ0) is 19.1. The molecule has 0 saturated heterocycles. The Hall–Kier alpha value is -1.80. The standard InChI is InChI=1S/C25H34N2/c1-2-4-19-7-9-20(10-8-19)11-12-21-13-15-22(16-14-21)24-6-3-5-23(17-26)25(24)18-27/h3,5-6,19-22H,2,4,7-16H2,1H3/t19-,20-,21-,22-. The van der Waals surface area contributed by atoms with Crippen LogP contribution >= 0.6 is 0 Å². The second-order valence-electron chi connectivity index (χ2n) is 8.96. The molecular formula is C25H34N2. The third kappa shape index (κ3) is 5.13. The fourth-order valence-corrected chi connectivity index (χ4v) is 5.58. The summed E-state index contributed by atoms with van der Waals surface area (Å²) >= 11 is 0. The minimum absolute atomic E-state index is 0.466. The minimum atomic E-state index is 0.466. The first kappa shape index (κ1) is 19.9. The van der Waals surface area contributed by atoms with E-state index in [0.29, 0.717) is 17.0 Å². The summed E-state index contributed by atoms with van der Waals surface area (Å²) in [7, 11) is 0. The molecule has 2 saturated carbocycles. The molecule has 3 rings (SSSR count). The average molecular weight is 363 g/mol. The van der Waals surface area contributed by atoms with Crippen LogP contribution in [0, 0.1) is 40.4 Å². The van der Waals surface area contributed by atoms with Crippen LogP contribution in [0.5, 0.6) is 0 Å². The lowest BCUT2D eigenvalue weighted by atomic mass is 9.73. The van der Waals surface area contributed by atoms with Crippen LogP contribution < -0.4 is 0 Å². The molecule has 0 heterocycles. The molecule has 0 atom stereocenters. The molecule has 2 nitrogen and oxygen atoms in total. The van der Waals surface area contributed by atoms with Crippen molar-refractivity contribution in [2.75, 3.05) is 0 Å². The Balaban J connectivity index is 1.45. The molecule has 0 aliphatic heterocycles. The van der Waals surface area contributed by atoms with Crippen molar-refractivity contribution in [2.24, 2.45) is 17.8 Å². The molecule has 0 bridgehead atoms. The van der Waals surface area contributed by atoms with Gasteiger partial charge in [-0.05, 0) is 61.0 Å². The molecule has 2 heteroatoms. The molecule has 1 aromatic rings. The summed E-state index contributed by atoms with van der Waals surface area (Å²) in [5.41, 5.74) is 2.27. The van der Waals surface area contributed by atoms with Crippen molar-refractivity contribution < 1.29 is 0 Å². The highest BCUT2D eigenvalue weighted by Crippen LogP contribution is 2.41. The van der Waals surface area contributed by atoms with Gasteiger partial charge in [0.25, 0.3) is 0 Å². The number of rotatable bonds is 6. The maximum atomic E-state index is 9.49. The highest BCUT2D eigenvalue weighted by atomic mass is 14.3. The third-order valence-electron chi connectivity index (χ3n) is 7.26. The molecule has 2 aliphatic carbocycles. The van der Waals surface area contributed by atoms with Crippen LogP contribution in [0.2, 0.25) is 0 Å². The van der Waals surface area contributed by atoms with E-state index in [4.69, 9.17) is 0 Å². The molecule has 0 amide bonds. The quantitative estimate of drug-likeness (QED) is 0.542. The summed E-state index contributed by atoms with van der Waals surface area (Å²) in [6.07, 6.45) is 16.4. The molecule has 27 heavy (non-hydrogen) atoms. The van der Waals surface area contributed by atoms with E-state index in [9.17, 15) is 10.5 Å². The molecule has 0 unspecified atom stereocenters. The van der Waals surface area contributed by atoms with Gasteiger partial charge < -0.3 is 0 Å². The van der Waals surface area contributed by atoms with Gasteiger partial charge in [0.05, 0.1) is 11.1 Å². The van der Waals surface area contributed by atoms with Crippen LogP contribution in [0.15, 0.2) is 18.2 Å². The number of benzene rings is 1. The van der Waals surface area contributed by atoms with Crippen molar-refractivity contribution in [2.45, 2.75) is 89.9 Å². The minimum Gasteiger partial charge on any atom is -0.192 e. The highest BCUT2D eigenvalue weighted by molar-refractivity contribution is 5.51. The van der Waals surface area contributed by atoms with Gasteiger partial charge in [0.1, 0.15) is 12.1 Å². The summed E-state index contributed by atoms with van der Waals surface area (Å²) < 4.78 is 0. The molecule has 0 N–H and O–H groups in total. The molecule has 144 valence electrons. The Morgan fingerprint density at radius 1 is 0.778 bits per heavy atom. The molecule has 0 radical (unpaired) electrons. The van der Waals surface area contributed by atoms with Crippen molar-refractivity contribution in [3.63, 3.8) is 0 Å². The summed E-state index contributed by atoms with van der Waals surface area (Å²) in [6.45, 7) is 2.32. The Morgan fingerprint density at radius 3 is 1.85 bits per heavy atom. The van der Waals surface area contributed by atoms with E-state index < -0.39 is 0 Å². The number of nitriles is 2. The normalized spacial score (nSPS) is 28.3. The predicted molar refractivity (Wildman–Crippen MR) is 110 cm³/mol. The Bertz CT molecular complexity index is 677. The average Bonchev–Trinajstić information content (AvgIpc) is 2.73. The van der Waals surface area contributed by atoms with E-state index in [1.165, 1.54) is 77.0 Å². The lowest BCUT2D eigenvalue weighted by Crippen LogP contribution is -2.18. The van der Waals surface area contributed by atoms with Crippen LogP contribution in [-0.2, 0) is 0 Å². The largest absolute Gasteiger partial charge is 0.192 e. The second kappa shape index (κ2) is 9.94. The van der Waals surface area contributed by atoms with Gasteiger partial charge in [0.15, 0.2) is 0 Å². The Labute approximate surface area is 165 Å². The monoisotopic (exact) mass is 362 g/mol. The van der Waals surface area contributed by atoms with Crippen molar-refractivity contribution in [3.8, 4) is 12.1 Å². The smallest absolute Gasteiger partial charge is 0.101 e. The lowest BCUT2D eigenvalue weighted by Gasteiger charge is -2.32. The second-order valence-corrected chi connectivity index (χ2v) is 8.96. The van der Waals surface area contributed by atoms with E-state index in [0.717, 1.165) is 23.3 Å². The van der Waals surface area contributed by atoms with Gasteiger partial charge in [-0.15, -0.1) is 0 Å². The highest BCUT2D eigenvalue weighted by Gasteiger charge is 2.26. The topological polar surface area (TPSA) is 47.6 Å². The van der Waals surface area contributed by atoms with Gasteiger partial charge in [0, 0.05) is 0 Å². The number of hydrogen-bond acceptors (Lipinski definition) is 2. The first-order valence-corrected chi connectivity index (χ1v) is 11.2. The summed E-state index contributed by atoms with van der Waals surface area (Å²) in [4.78, 5) is 0. The van der Waals surface area contributed by atoms with Gasteiger partial charge in [-0.3, -0.25) is 0 Å². The van der Waals surface area contributed by atoms with E-state index >= 15 is 0 Å². The van der Waals surface area contributed by atoms with Crippen LogP contribution in [0.3, 0.4) is 0 Å². The number of nitrogens with zero attached hydrogens (tertiary/aromatic N) is 2. The zero-order valence-corrected chi connectivity index (χ0v) is 16.9. The van der Waals surface area contributed by atoms with Crippen LogP contribution in [0.1, 0.15) is 107 Å². The molecule has 1 aromatic carbocycles. The maximum Gasteiger partial charge on any atom is 0.101 e. The fraction of sp³-hybridized carbons (Fsp3) is 0.680. The van der Waals surface area contributed by atoms with Gasteiger partial charge in [-0.2, -0.15) is 10.5 Å². The maximum absolute atomic E-state index is 9.49. The molecular weight excluding hydrogens is 328 g/mol. The van der Waals surface area contributed by atoms with Crippen molar-refractivity contribution >= 4 is 0 Å². The lowest BCUT2D eigenvalue weighted by molar-refractivity contribution is 0.224. The van der Waals surface area contributed by atoms with Gasteiger partial charge in [-0.25, -0.2) is 0 Å². The molecule has 2 fully saturated rings. The fourth-order valence-electron chi connectivity index (χ4n) is 5.58. The van der Waals surface area contributed by atoms with E-state index in [1.54, 1.807) is 6.07 Å². The van der Waals surface area contributed by atoms with Crippen molar-refractivity contribution in [1.29, 1.82) is 10.5 Å². The Morgan fingerprint density at radius 2 is 1.33 bits per heavy atom. The van der Waals surface area contributed by atoms with Crippen LogP contribution in [0.25, 0.3) is 0 Å². The predicted octanol–water partition coefficient (Wildman–Crippen LogP) is 7.09. The first-order valence-electron chi connectivity index (χ1n) is 11.2. The van der Waals surface area contributed by atoms with Crippen LogP contribution in [-0.4, -0.2) is 0 Å². The number of hydrogen-bond donors (Lipinski definition) is 0.